The van der Waals surface area contributed by atoms with Crippen LogP contribution in [0.5, 0.6) is 0 Å². The van der Waals surface area contributed by atoms with Crippen LogP contribution in [0, 0.1) is 12.3 Å². The van der Waals surface area contributed by atoms with E-state index in [0.717, 1.165) is 31.7 Å². The van der Waals surface area contributed by atoms with Gasteiger partial charge < -0.3 is 20.1 Å². The largest absolute Gasteiger partial charge is 0.460 e. The smallest absolute Gasteiger partial charge is 0.341 e. The number of allylic oxidation sites excluding steroid dienone is 2. The molecule has 0 aliphatic carbocycles. The second-order valence-corrected chi connectivity index (χ2v) is 12.7. The predicted molar refractivity (Wildman–Crippen MR) is 185 cm³/mol. The number of benzene rings is 3. The van der Waals surface area contributed by atoms with Crippen LogP contribution in [0.3, 0.4) is 0 Å². The summed E-state index contributed by atoms with van der Waals surface area (Å²) in [5.74, 6) is 1.02. The van der Waals surface area contributed by atoms with Crippen molar-refractivity contribution >= 4 is 11.9 Å². The summed E-state index contributed by atoms with van der Waals surface area (Å²) in [6, 6.07) is 28.4. The second-order valence-electron chi connectivity index (χ2n) is 12.7. The van der Waals surface area contributed by atoms with Crippen LogP contribution in [-0.4, -0.2) is 54.9 Å². The maximum atomic E-state index is 14.7. The first kappa shape index (κ1) is 33.7. The predicted octanol–water partition coefficient (Wildman–Crippen LogP) is 6.34. The summed E-state index contributed by atoms with van der Waals surface area (Å²) >= 11 is 0. The lowest BCUT2D eigenvalue weighted by molar-refractivity contribution is -0.992. The molecule has 47 heavy (non-hydrogen) atoms. The molecule has 2 N–H and O–H groups in total. The van der Waals surface area contributed by atoms with Gasteiger partial charge in [0, 0.05) is 47.6 Å². The number of carbonyl (C=O) groups excluding carboxylic acids is 2. The fraction of sp³-hybridized carbons (Fsp3) is 0.350. The van der Waals surface area contributed by atoms with E-state index in [2.05, 4.69) is 72.0 Å². The number of terminal acetylenes is 1. The molecule has 3 aromatic rings. The second kappa shape index (κ2) is 14.8. The van der Waals surface area contributed by atoms with Gasteiger partial charge in [0.1, 0.15) is 6.04 Å². The van der Waals surface area contributed by atoms with Gasteiger partial charge in [-0.25, -0.2) is 9.59 Å². The van der Waals surface area contributed by atoms with Crippen molar-refractivity contribution in [3.8, 4) is 12.3 Å². The van der Waals surface area contributed by atoms with E-state index in [0.29, 0.717) is 39.0 Å². The molecule has 2 aliphatic rings. The average Bonchev–Trinajstić information content (AvgIpc) is 3.07. The van der Waals surface area contributed by atoms with Crippen LogP contribution >= 0.6 is 0 Å². The number of hydrogen-bond donors (Lipinski definition) is 2. The van der Waals surface area contributed by atoms with Crippen LogP contribution in [-0.2, 0) is 19.1 Å². The van der Waals surface area contributed by atoms with E-state index in [1.54, 1.807) is 0 Å². The minimum Gasteiger partial charge on any atom is -0.460 e. The first-order chi connectivity index (χ1) is 22.7. The third-order valence-electron chi connectivity index (χ3n) is 9.25. The molecule has 3 aromatic carbocycles. The number of ether oxygens (including phenoxy) is 2. The van der Waals surface area contributed by atoms with Gasteiger partial charge in [-0.2, -0.15) is 0 Å². The van der Waals surface area contributed by atoms with Crippen LogP contribution in [0.15, 0.2) is 107 Å². The van der Waals surface area contributed by atoms with Gasteiger partial charge in [-0.05, 0) is 45.4 Å². The van der Waals surface area contributed by atoms with E-state index in [9.17, 15) is 9.59 Å². The molecule has 2 unspecified atom stereocenters. The van der Waals surface area contributed by atoms with Crippen LogP contribution in [0.1, 0.15) is 75.3 Å². The number of quaternary nitrogens is 1. The SMILES string of the molecule is C#Cc1cccc(C2C(C(=O)OC(C)C)=C(C)NC(C)=C2C(=O)OC(CC)[N+]2(C(c3ccccc3)c3ccccc3)CCNCC2)c1. The van der Waals surface area contributed by atoms with Crippen molar-refractivity contribution in [2.75, 3.05) is 26.2 Å². The Labute approximate surface area is 279 Å². The van der Waals surface area contributed by atoms with Crippen molar-refractivity contribution in [1.29, 1.82) is 0 Å². The van der Waals surface area contributed by atoms with Crippen molar-refractivity contribution in [3.63, 3.8) is 0 Å². The topological polar surface area (TPSA) is 76.7 Å². The molecule has 5 rings (SSSR count). The Balaban J connectivity index is 1.61. The van der Waals surface area contributed by atoms with Crippen LogP contribution in [0.25, 0.3) is 0 Å². The number of esters is 2. The van der Waals surface area contributed by atoms with Crippen LogP contribution in [0.2, 0.25) is 0 Å². The third kappa shape index (κ3) is 7.05. The summed E-state index contributed by atoms with van der Waals surface area (Å²) in [6.45, 7) is 12.5. The molecule has 2 atom stereocenters. The number of dihydropyridines is 1. The fourth-order valence-electron chi connectivity index (χ4n) is 7.27. The highest BCUT2D eigenvalue weighted by atomic mass is 16.6. The van der Waals surface area contributed by atoms with Gasteiger partial charge in [0.2, 0.25) is 6.23 Å². The Morgan fingerprint density at radius 1 is 0.851 bits per heavy atom. The number of piperazine rings is 1. The molecule has 0 bridgehead atoms. The molecule has 0 radical (unpaired) electrons. The molecule has 0 aromatic heterocycles. The number of nitrogens with one attached hydrogen (secondary N) is 2. The van der Waals surface area contributed by atoms with Gasteiger partial charge >= 0.3 is 11.9 Å². The lowest BCUT2D eigenvalue weighted by Gasteiger charge is -2.51. The normalized spacial score (nSPS) is 18.4. The van der Waals surface area contributed by atoms with Crippen LogP contribution in [0.4, 0.5) is 0 Å². The molecule has 0 saturated carbocycles. The lowest BCUT2D eigenvalue weighted by atomic mass is 9.80. The van der Waals surface area contributed by atoms with Crippen LogP contribution < -0.4 is 10.6 Å². The van der Waals surface area contributed by atoms with Crippen molar-refractivity contribution in [3.05, 3.63) is 130 Å². The highest BCUT2D eigenvalue weighted by Crippen LogP contribution is 2.43. The Kier molecular flexibility index (Phi) is 10.7. The third-order valence-corrected chi connectivity index (χ3v) is 9.25. The standard InChI is InChI=1S/C40H45N3O4/c1-7-30-16-15-21-33(26-30)37-35(39(44)46-27(3)4)28(5)42-29(6)36(37)40(45)47-34(8-2)43(24-22-41-23-25-43)38(31-17-11-9-12-18-31)32-19-13-10-14-20-32/h1,9-21,26-27,34,37-38,41H,8,22-25H2,2-6H3/p+1. The van der Waals surface area contributed by atoms with Gasteiger partial charge in [-0.1, -0.05) is 85.6 Å². The van der Waals surface area contributed by atoms with Crippen molar-refractivity contribution in [1.82, 2.24) is 10.6 Å². The van der Waals surface area contributed by atoms with Gasteiger partial charge in [0.05, 0.1) is 36.3 Å². The van der Waals surface area contributed by atoms with Gasteiger partial charge in [0.25, 0.3) is 0 Å². The number of nitrogens with zero attached hydrogens (tertiary/aromatic N) is 1. The monoisotopic (exact) mass is 632 g/mol. The highest BCUT2D eigenvalue weighted by Gasteiger charge is 2.49. The minimum absolute atomic E-state index is 0.0568. The Bertz CT molecular complexity index is 1640. The molecular formula is C40H46N3O4+. The maximum Gasteiger partial charge on any atom is 0.341 e. The van der Waals surface area contributed by atoms with E-state index in [-0.39, 0.29) is 12.1 Å². The van der Waals surface area contributed by atoms with Crippen molar-refractivity contribution in [2.24, 2.45) is 0 Å². The summed E-state index contributed by atoms with van der Waals surface area (Å²) in [6.07, 6.45) is 5.59. The molecule has 244 valence electrons. The Morgan fingerprint density at radius 2 is 1.40 bits per heavy atom. The summed E-state index contributed by atoms with van der Waals surface area (Å²) in [5.41, 5.74) is 5.75. The van der Waals surface area contributed by atoms with Gasteiger partial charge in [0.15, 0.2) is 0 Å². The lowest BCUT2D eigenvalue weighted by Crippen LogP contribution is -2.66. The number of rotatable bonds is 10. The Morgan fingerprint density at radius 3 is 1.91 bits per heavy atom. The zero-order chi connectivity index (χ0) is 33.6. The summed E-state index contributed by atoms with van der Waals surface area (Å²) in [5, 5.41) is 6.83. The zero-order valence-electron chi connectivity index (χ0n) is 28.1. The molecule has 1 fully saturated rings. The van der Waals surface area contributed by atoms with Gasteiger partial charge in [-0.15, -0.1) is 6.42 Å². The maximum absolute atomic E-state index is 14.7. The molecule has 0 spiro atoms. The number of carbonyl (C=O) groups is 2. The molecule has 1 saturated heterocycles. The first-order valence-corrected chi connectivity index (χ1v) is 16.5. The molecule has 0 amide bonds. The average molecular weight is 633 g/mol. The van der Waals surface area contributed by atoms with E-state index in [4.69, 9.17) is 15.9 Å². The van der Waals surface area contributed by atoms with E-state index < -0.39 is 24.1 Å². The molecule has 7 nitrogen and oxygen atoms in total. The summed E-state index contributed by atoms with van der Waals surface area (Å²) < 4.78 is 13.0. The molecule has 7 heteroatoms. The van der Waals surface area contributed by atoms with E-state index in [1.807, 2.05) is 64.1 Å². The fourth-order valence-corrected chi connectivity index (χ4v) is 7.27. The summed E-state index contributed by atoms with van der Waals surface area (Å²) in [7, 11) is 0. The first-order valence-electron chi connectivity index (χ1n) is 16.5. The number of hydrogen-bond acceptors (Lipinski definition) is 6. The van der Waals surface area contributed by atoms with Crippen molar-refractivity contribution in [2.45, 2.75) is 65.3 Å². The Hall–Kier alpha value is -4.64. The minimum atomic E-state index is -0.726. The molecular weight excluding hydrogens is 586 g/mol. The molecule has 2 aliphatic heterocycles. The van der Waals surface area contributed by atoms with E-state index in [1.165, 1.54) is 11.1 Å². The molecule has 2 heterocycles. The summed E-state index contributed by atoms with van der Waals surface area (Å²) in [4.78, 5) is 28.4. The van der Waals surface area contributed by atoms with Gasteiger partial charge in [-0.3, -0.25) is 4.48 Å². The zero-order valence-corrected chi connectivity index (χ0v) is 28.1. The van der Waals surface area contributed by atoms with E-state index >= 15 is 0 Å². The quantitative estimate of drug-likeness (QED) is 0.154. The van der Waals surface area contributed by atoms with Crippen molar-refractivity contribution < 1.29 is 23.5 Å². The highest BCUT2D eigenvalue weighted by molar-refractivity contribution is 6.00.